The van der Waals surface area contributed by atoms with Gasteiger partial charge in [0.1, 0.15) is 11.4 Å². The number of rotatable bonds is 10. The number of aromatic nitrogens is 1. The SMILES string of the molecule is COC(=O)C(C)(N)c1cc(-c2ccc(F)c(Cl)c2)nc(C(O)(CNC(=O)c2ccc(OC3CC3)c(OC)c2)C(F)(F)F)c1. The lowest BCUT2D eigenvalue weighted by molar-refractivity contribution is -0.265. The average Bonchev–Trinajstić information content (AvgIpc) is 3.80. The zero-order valence-corrected chi connectivity index (χ0v) is 24.0. The smallest absolute Gasteiger partial charge is 0.424 e. The van der Waals surface area contributed by atoms with Gasteiger partial charge in [-0.3, -0.25) is 4.79 Å². The molecule has 4 rings (SSSR count). The molecule has 14 heteroatoms. The molecule has 2 unspecified atom stereocenters. The van der Waals surface area contributed by atoms with E-state index >= 15 is 0 Å². The molecule has 0 aliphatic heterocycles. The Hall–Kier alpha value is -3.94. The van der Waals surface area contributed by atoms with Gasteiger partial charge in [-0.1, -0.05) is 11.6 Å². The molecule has 4 N–H and O–H groups in total. The number of nitrogens with zero attached hydrogens (tertiary/aromatic N) is 1. The molecule has 1 fully saturated rings. The summed E-state index contributed by atoms with van der Waals surface area (Å²) in [6.07, 6.45) is -3.62. The molecule has 0 bridgehead atoms. The van der Waals surface area contributed by atoms with E-state index in [4.69, 9.17) is 31.5 Å². The number of alkyl halides is 3. The second-order valence-electron chi connectivity index (χ2n) is 10.2. The zero-order chi connectivity index (χ0) is 31.7. The number of carbonyl (C=O) groups excluding carboxylic acids is 2. The van der Waals surface area contributed by atoms with Crippen molar-refractivity contribution in [1.29, 1.82) is 0 Å². The number of benzene rings is 2. The predicted octanol–water partition coefficient (Wildman–Crippen LogP) is 4.62. The first-order chi connectivity index (χ1) is 20.1. The van der Waals surface area contributed by atoms with E-state index in [-0.39, 0.29) is 39.3 Å². The summed E-state index contributed by atoms with van der Waals surface area (Å²) in [5.74, 6) is -2.18. The van der Waals surface area contributed by atoms with Crippen molar-refractivity contribution in [3.8, 4) is 22.8 Å². The van der Waals surface area contributed by atoms with Crippen molar-refractivity contribution in [2.75, 3.05) is 20.8 Å². The van der Waals surface area contributed by atoms with E-state index < -0.39 is 47.2 Å². The van der Waals surface area contributed by atoms with Crippen molar-refractivity contribution in [3.63, 3.8) is 0 Å². The Labute approximate surface area is 248 Å². The topological polar surface area (TPSA) is 133 Å². The lowest BCUT2D eigenvalue weighted by atomic mass is 9.88. The molecule has 3 aromatic rings. The molecule has 2 aromatic carbocycles. The number of amides is 1. The minimum absolute atomic E-state index is 0.0315. The minimum Gasteiger partial charge on any atom is -0.493 e. The van der Waals surface area contributed by atoms with Gasteiger partial charge in [-0.25, -0.2) is 14.2 Å². The van der Waals surface area contributed by atoms with Gasteiger partial charge in [-0.15, -0.1) is 0 Å². The van der Waals surface area contributed by atoms with Gasteiger partial charge < -0.3 is 30.4 Å². The molecule has 230 valence electrons. The number of carbonyl (C=O) groups is 2. The molecule has 2 atom stereocenters. The van der Waals surface area contributed by atoms with Crippen LogP contribution in [0.3, 0.4) is 0 Å². The Kier molecular flexibility index (Phi) is 8.91. The molecular formula is C29H28ClF4N3O6. The number of halogens is 5. The van der Waals surface area contributed by atoms with Crippen molar-refractivity contribution in [3.05, 3.63) is 76.2 Å². The molecule has 1 aromatic heterocycles. The van der Waals surface area contributed by atoms with Crippen LogP contribution in [-0.2, 0) is 20.7 Å². The van der Waals surface area contributed by atoms with Crippen LogP contribution >= 0.6 is 11.6 Å². The highest BCUT2D eigenvalue weighted by Crippen LogP contribution is 2.40. The highest BCUT2D eigenvalue weighted by Gasteiger charge is 2.57. The summed E-state index contributed by atoms with van der Waals surface area (Å²) < 4.78 is 73.2. The van der Waals surface area contributed by atoms with E-state index in [0.717, 1.165) is 38.2 Å². The van der Waals surface area contributed by atoms with Crippen LogP contribution in [0.4, 0.5) is 17.6 Å². The lowest BCUT2D eigenvalue weighted by Crippen LogP contribution is -2.52. The number of hydrogen-bond donors (Lipinski definition) is 3. The Morgan fingerprint density at radius 3 is 2.37 bits per heavy atom. The van der Waals surface area contributed by atoms with Crippen LogP contribution in [0.5, 0.6) is 11.5 Å². The Morgan fingerprint density at radius 2 is 1.79 bits per heavy atom. The Morgan fingerprint density at radius 1 is 1.09 bits per heavy atom. The maximum Gasteiger partial charge on any atom is 0.424 e. The molecule has 1 heterocycles. The molecule has 43 heavy (non-hydrogen) atoms. The number of hydrogen-bond acceptors (Lipinski definition) is 8. The fraction of sp³-hybridized carbons (Fsp3) is 0.345. The van der Waals surface area contributed by atoms with Crippen molar-refractivity contribution in [2.24, 2.45) is 5.73 Å². The summed E-state index contributed by atoms with van der Waals surface area (Å²) in [5, 5.41) is 12.9. The van der Waals surface area contributed by atoms with E-state index in [1.165, 1.54) is 44.4 Å². The van der Waals surface area contributed by atoms with Crippen molar-refractivity contribution >= 4 is 23.5 Å². The molecule has 1 aliphatic carbocycles. The first-order valence-electron chi connectivity index (χ1n) is 12.9. The van der Waals surface area contributed by atoms with E-state index in [0.29, 0.717) is 5.75 Å². The number of methoxy groups -OCH3 is 2. The summed E-state index contributed by atoms with van der Waals surface area (Å²) in [7, 11) is 2.39. The summed E-state index contributed by atoms with van der Waals surface area (Å²) >= 11 is 5.88. The van der Waals surface area contributed by atoms with Crippen LogP contribution in [-0.4, -0.2) is 55.0 Å². The highest BCUT2D eigenvalue weighted by molar-refractivity contribution is 6.31. The van der Waals surface area contributed by atoms with Gasteiger partial charge in [0.15, 0.2) is 11.5 Å². The van der Waals surface area contributed by atoms with Crippen molar-refractivity contribution < 1.29 is 46.5 Å². The molecule has 1 saturated carbocycles. The average molecular weight is 626 g/mol. The maximum atomic E-state index is 14.6. The second-order valence-corrected chi connectivity index (χ2v) is 10.6. The zero-order valence-electron chi connectivity index (χ0n) is 23.2. The van der Waals surface area contributed by atoms with Gasteiger partial charge >= 0.3 is 12.1 Å². The summed E-state index contributed by atoms with van der Waals surface area (Å²) in [6, 6.07) is 9.35. The van der Waals surface area contributed by atoms with Crippen molar-refractivity contribution in [1.82, 2.24) is 10.3 Å². The molecular weight excluding hydrogens is 598 g/mol. The van der Waals surface area contributed by atoms with Crippen LogP contribution in [0.1, 0.15) is 41.4 Å². The van der Waals surface area contributed by atoms with Crippen LogP contribution in [0.2, 0.25) is 5.02 Å². The third-order valence-corrected chi connectivity index (χ3v) is 7.18. The van der Waals surface area contributed by atoms with Gasteiger partial charge in [0, 0.05) is 11.1 Å². The third kappa shape index (κ3) is 6.68. The summed E-state index contributed by atoms with van der Waals surface area (Å²) in [5.41, 5.74) is -1.07. The van der Waals surface area contributed by atoms with Crippen molar-refractivity contribution in [2.45, 2.75) is 43.2 Å². The normalized spacial score (nSPS) is 16.0. The number of aliphatic hydroxyl groups is 1. The largest absolute Gasteiger partial charge is 0.493 e. The van der Waals surface area contributed by atoms with E-state index in [1.54, 1.807) is 0 Å². The quantitative estimate of drug-likeness (QED) is 0.220. The maximum absolute atomic E-state index is 14.6. The molecule has 0 spiro atoms. The van der Waals surface area contributed by atoms with Crippen LogP contribution in [0.15, 0.2) is 48.5 Å². The van der Waals surface area contributed by atoms with Gasteiger partial charge in [0.25, 0.3) is 5.91 Å². The Balaban J connectivity index is 1.75. The number of nitrogens with one attached hydrogen (secondary N) is 1. The summed E-state index contributed by atoms with van der Waals surface area (Å²) in [4.78, 5) is 29.4. The van der Waals surface area contributed by atoms with E-state index in [9.17, 15) is 32.3 Å². The lowest BCUT2D eigenvalue weighted by Gasteiger charge is -2.32. The van der Waals surface area contributed by atoms with Gasteiger partial charge in [0.05, 0.1) is 43.3 Å². The molecule has 0 radical (unpaired) electrons. The molecule has 1 amide bonds. The molecule has 0 saturated heterocycles. The molecule has 9 nitrogen and oxygen atoms in total. The first kappa shape index (κ1) is 32.0. The number of pyridine rings is 1. The van der Waals surface area contributed by atoms with E-state index in [2.05, 4.69) is 10.3 Å². The van der Waals surface area contributed by atoms with E-state index in [1.807, 2.05) is 0 Å². The fourth-order valence-electron chi connectivity index (χ4n) is 4.09. The number of nitrogens with two attached hydrogens (primary N) is 1. The van der Waals surface area contributed by atoms with Gasteiger partial charge in [0.2, 0.25) is 5.60 Å². The second kappa shape index (κ2) is 12.0. The minimum atomic E-state index is -5.39. The predicted molar refractivity (Wildman–Crippen MR) is 147 cm³/mol. The standard InChI is InChI=1S/C29H28ClF4N3O6/c1-27(35,26(39)42-3)17-12-21(15-4-8-20(31)19(30)10-15)37-24(13-17)28(40,29(32,33)34)14-36-25(38)16-5-9-22(23(11-16)41-2)43-18-6-7-18/h4-5,8-13,18,40H,6-7,14,35H2,1-3H3,(H,36,38). The number of esters is 1. The Bertz CT molecular complexity index is 1550. The van der Waals surface area contributed by atoms with Crippen LogP contribution < -0.4 is 20.5 Å². The summed E-state index contributed by atoms with van der Waals surface area (Å²) in [6.45, 7) is -0.185. The van der Waals surface area contributed by atoms with Gasteiger partial charge in [-0.2, -0.15) is 13.2 Å². The van der Waals surface area contributed by atoms with Crippen LogP contribution in [0.25, 0.3) is 11.3 Å². The monoisotopic (exact) mass is 625 g/mol. The fourth-order valence-corrected chi connectivity index (χ4v) is 4.27. The number of ether oxygens (including phenoxy) is 3. The highest BCUT2D eigenvalue weighted by atomic mass is 35.5. The third-order valence-electron chi connectivity index (χ3n) is 6.89. The molecule has 1 aliphatic rings. The van der Waals surface area contributed by atoms with Crippen LogP contribution in [0, 0.1) is 5.82 Å². The van der Waals surface area contributed by atoms with Gasteiger partial charge in [-0.05, 0) is 73.9 Å². The first-order valence-corrected chi connectivity index (χ1v) is 13.3.